The van der Waals surface area contributed by atoms with Crippen LogP contribution in [0.1, 0.15) is 18.9 Å². The van der Waals surface area contributed by atoms with Gasteiger partial charge in [-0.25, -0.2) is 9.78 Å². The average molecular weight is 300 g/mol. The number of rotatable bonds is 6. The maximum absolute atomic E-state index is 11.7. The molecule has 20 heavy (non-hydrogen) atoms. The summed E-state index contributed by atoms with van der Waals surface area (Å²) in [6, 6.07) is -0.532. The molecule has 3 amide bonds. The predicted molar refractivity (Wildman–Crippen MR) is 72.3 cm³/mol. The molecular weight excluding hydrogens is 284 g/mol. The minimum Gasteiger partial charge on any atom is -0.480 e. The van der Waals surface area contributed by atoms with Crippen molar-refractivity contribution in [2.24, 2.45) is 0 Å². The number of carboxylic acid groups (broad SMARTS) is 1. The number of urea groups is 1. The minimum absolute atomic E-state index is 0.299. The zero-order chi connectivity index (χ0) is 15.2. The summed E-state index contributed by atoms with van der Waals surface area (Å²) in [5.74, 6) is -1.72. The maximum Gasteiger partial charge on any atom is 0.322 e. The third-order valence-electron chi connectivity index (χ3n) is 2.24. The Morgan fingerprint density at radius 3 is 2.55 bits per heavy atom. The number of hydrogen-bond donors (Lipinski definition) is 4. The van der Waals surface area contributed by atoms with E-state index in [-0.39, 0.29) is 6.54 Å². The lowest BCUT2D eigenvalue weighted by Crippen LogP contribution is -2.49. The molecular formula is C11H16N4O4S. The number of nitrogens with one attached hydrogen (secondary N) is 3. The predicted octanol–water partition coefficient (Wildman–Crippen LogP) is -0.122. The molecule has 1 aromatic rings. The van der Waals surface area contributed by atoms with Crippen molar-refractivity contribution in [3.05, 3.63) is 16.6 Å². The monoisotopic (exact) mass is 300 g/mol. The van der Waals surface area contributed by atoms with Crippen LogP contribution in [0.4, 0.5) is 4.79 Å². The van der Waals surface area contributed by atoms with Crippen LogP contribution in [0.25, 0.3) is 0 Å². The summed E-state index contributed by atoms with van der Waals surface area (Å²) < 4.78 is 0. The molecule has 1 rings (SSSR count). The van der Waals surface area contributed by atoms with Gasteiger partial charge in [0.05, 0.1) is 12.1 Å². The summed E-state index contributed by atoms with van der Waals surface area (Å²) in [4.78, 5) is 37.2. The molecule has 0 aliphatic heterocycles. The van der Waals surface area contributed by atoms with Gasteiger partial charge in [-0.2, -0.15) is 0 Å². The molecule has 1 heterocycles. The third kappa shape index (κ3) is 5.22. The Morgan fingerprint density at radius 2 is 2.00 bits per heavy atom. The van der Waals surface area contributed by atoms with E-state index in [1.165, 1.54) is 11.3 Å². The number of aliphatic carboxylic acids is 1. The van der Waals surface area contributed by atoms with Gasteiger partial charge in [-0.05, 0) is 13.8 Å². The number of aromatic nitrogens is 1. The second-order valence-corrected chi connectivity index (χ2v) is 5.33. The highest BCUT2D eigenvalue weighted by molar-refractivity contribution is 7.09. The van der Waals surface area contributed by atoms with Crippen molar-refractivity contribution in [3.8, 4) is 0 Å². The molecule has 0 radical (unpaired) electrons. The van der Waals surface area contributed by atoms with Crippen molar-refractivity contribution in [2.75, 3.05) is 13.1 Å². The lowest BCUT2D eigenvalue weighted by Gasteiger charge is -2.23. The Morgan fingerprint density at radius 1 is 1.30 bits per heavy atom. The van der Waals surface area contributed by atoms with Gasteiger partial charge in [0.2, 0.25) is 5.91 Å². The first kappa shape index (κ1) is 15.9. The summed E-state index contributed by atoms with van der Waals surface area (Å²) in [5.41, 5.74) is -0.657. The van der Waals surface area contributed by atoms with Crippen molar-refractivity contribution < 1.29 is 19.5 Å². The number of carbonyl (C=O) groups is 3. The van der Waals surface area contributed by atoms with Crippen LogP contribution in [0.2, 0.25) is 0 Å². The first-order chi connectivity index (χ1) is 9.31. The number of amides is 3. The quantitative estimate of drug-likeness (QED) is 0.583. The van der Waals surface area contributed by atoms with E-state index >= 15 is 0 Å². The van der Waals surface area contributed by atoms with Gasteiger partial charge in [-0.15, -0.1) is 11.3 Å². The number of hydrogen-bond acceptors (Lipinski definition) is 5. The van der Waals surface area contributed by atoms with Crippen LogP contribution in [0.5, 0.6) is 0 Å². The summed E-state index contributed by atoms with van der Waals surface area (Å²) in [7, 11) is 0. The smallest absolute Gasteiger partial charge is 0.322 e. The highest BCUT2D eigenvalue weighted by atomic mass is 32.1. The number of carboxylic acids is 1. The third-order valence-corrected chi connectivity index (χ3v) is 3.34. The van der Waals surface area contributed by atoms with Crippen molar-refractivity contribution in [1.29, 1.82) is 0 Å². The molecule has 0 fully saturated rings. The Kier molecular flexibility index (Phi) is 5.44. The first-order valence-electron chi connectivity index (χ1n) is 5.76. The largest absolute Gasteiger partial charge is 0.480 e. The number of carbonyl (C=O) groups excluding carboxylic acids is 2. The Labute approximate surface area is 119 Å². The van der Waals surface area contributed by atoms with E-state index in [0.717, 1.165) is 5.01 Å². The normalized spacial score (nSPS) is 10.7. The number of nitrogens with zero attached hydrogens (tertiary/aromatic N) is 1. The Bertz CT molecular complexity index is 487. The van der Waals surface area contributed by atoms with E-state index in [1.807, 2.05) is 0 Å². The molecule has 0 aromatic carbocycles. The molecule has 0 bridgehead atoms. The molecule has 9 heteroatoms. The van der Waals surface area contributed by atoms with Gasteiger partial charge in [0, 0.05) is 11.6 Å². The van der Waals surface area contributed by atoms with Crippen molar-refractivity contribution >= 4 is 29.2 Å². The zero-order valence-corrected chi connectivity index (χ0v) is 11.9. The summed E-state index contributed by atoms with van der Waals surface area (Å²) >= 11 is 1.41. The highest BCUT2D eigenvalue weighted by Crippen LogP contribution is 2.21. The summed E-state index contributed by atoms with van der Waals surface area (Å²) in [6.45, 7) is 2.80. The Hall–Kier alpha value is -2.16. The van der Waals surface area contributed by atoms with Crippen molar-refractivity contribution in [3.63, 3.8) is 0 Å². The fourth-order valence-electron chi connectivity index (χ4n) is 1.31. The highest BCUT2D eigenvalue weighted by Gasteiger charge is 2.25. The molecule has 0 unspecified atom stereocenters. The van der Waals surface area contributed by atoms with Crippen LogP contribution in [-0.2, 0) is 15.1 Å². The summed E-state index contributed by atoms with van der Waals surface area (Å²) in [6.07, 6.45) is 1.64. The van der Waals surface area contributed by atoms with Crippen molar-refractivity contribution in [1.82, 2.24) is 20.9 Å². The minimum atomic E-state index is -1.15. The molecule has 0 atom stereocenters. The van der Waals surface area contributed by atoms with Gasteiger partial charge < -0.3 is 21.1 Å². The van der Waals surface area contributed by atoms with Crippen LogP contribution >= 0.6 is 11.3 Å². The molecule has 0 saturated heterocycles. The molecule has 110 valence electrons. The molecule has 1 aromatic heterocycles. The van der Waals surface area contributed by atoms with Crippen molar-refractivity contribution in [2.45, 2.75) is 19.4 Å². The van der Waals surface area contributed by atoms with Gasteiger partial charge >= 0.3 is 12.0 Å². The molecule has 0 saturated carbocycles. The summed E-state index contributed by atoms with van der Waals surface area (Å²) in [5, 5.41) is 18.1. The fourth-order valence-corrected chi connectivity index (χ4v) is 2.03. The lowest BCUT2D eigenvalue weighted by molar-refractivity contribution is -0.137. The van der Waals surface area contributed by atoms with E-state index in [9.17, 15) is 14.4 Å². The van der Waals surface area contributed by atoms with E-state index in [4.69, 9.17) is 5.11 Å². The van der Waals surface area contributed by atoms with Gasteiger partial charge in [0.25, 0.3) is 0 Å². The van der Waals surface area contributed by atoms with Crippen LogP contribution in [-0.4, -0.2) is 41.1 Å². The first-order valence-corrected chi connectivity index (χ1v) is 6.63. The van der Waals surface area contributed by atoms with Crippen LogP contribution in [0.3, 0.4) is 0 Å². The standard InChI is InChI=1S/C11H16N4O4S/c1-11(2,9-12-3-4-20-9)15-10(19)14-5-7(16)13-6-8(17)18/h3-4H,5-6H2,1-2H3,(H,13,16)(H,17,18)(H2,14,15,19). The SMILES string of the molecule is CC(C)(NC(=O)NCC(=O)NCC(=O)O)c1nccs1. The van der Waals surface area contributed by atoms with E-state index in [1.54, 1.807) is 25.4 Å². The second kappa shape index (κ2) is 6.85. The van der Waals surface area contributed by atoms with Crippen LogP contribution in [0.15, 0.2) is 11.6 Å². The molecule has 0 spiro atoms. The van der Waals surface area contributed by atoms with Gasteiger partial charge in [-0.3, -0.25) is 9.59 Å². The van der Waals surface area contributed by atoms with Crippen LogP contribution < -0.4 is 16.0 Å². The van der Waals surface area contributed by atoms with Crippen LogP contribution in [0, 0.1) is 0 Å². The van der Waals surface area contributed by atoms with E-state index in [2.05, 4.69) is 20.9 Å². The average Bonchev–Trinajstić information content (AvgIpc) is 2.87. The topological polar surface area (TPSA) is 120 Å². The Balaban J connectivity index is 2.37. The maximum atomic E-state index is 11.7. The van der Waals surface area contributed by atoms with Gasteiger partial charge in [0.1, 0.15) is 11.6 Å². The molecule has 0 aliphatic rings. The zero-order valence-electron chi connectivity index (χ0n) is 11.1. The molecule has 4 N–H and O–H groups in total. The van der Waals surface area contributed by atoms with Gasteiger partial charge in [-0.1, -0.05) is 0 Å². The fraction of sp³-hybridized carbons (Fsp3) is 0.455. The van der Waals surface area contributed by atoms with Gasteiger partial charge in [0.15, 0.2) is 0 Å². The van der Waals surface area contributed by atoms with E-state index in [0.29, 0.717) is 0 Å². The molecule has 0 aliphatic carbocycles. The van der Waals surface area contributed by atoms with E-state index < -0.39 is 30.0 Å². The second-order valence-electron chi connectivity index (χ2n) is 4.44. The number of thiazole rings is 1. The lowest BCUT2D eigenvalue weighted by atomic mass is 10.1. The molecule has 8 nitrogen and oxygen atoms in total.